The van der Waals surface area contributed by atoms with Crippen molar-refractivity contribution in [2.24, 2.45) is 0 Å². The fourth-order valence-corrected chi connectivity index (χ4v) is 1.53. The molecule has 0 atom stereocenters. The van der Waals surface area contributed by atoms with Crippen molar-refractivity contribution in [3.8, 4) is 0 Å². The summed E-state index contributed by atoms with van der Waals surface area (Å²) >= 11 is 4.34. The second-order valence-corrected chi connectivity index (χ2v) is 3.01. The molecule has 2 heteroatoms. The Bertz CT molecular complexity index is 304. The fourth-order valence-electron chi connectivity index (χ4n) is 1.24. The summed E-state index contributed by atoms with van der Waals surface area (Å²) in [5.74, 6) is 0. The van der Waals surface area contributed by atoms with Crippen molar-refractivity contribution in [1.29, 1.82) is 0 Å². The summed E-state index contributed by atoms with van der Waals surface area (Å²) in [6, 6.07) is 6.09. The second kappa shape index (κ2) is 2.62. The van der Waals surface area contributed by atoms with Crippen molar-refractivity contribution in [3.63, 3.8) is 0 Å². The normalized spacial score (nSPS) is 13.9. The van der Waals surface area contributed by atoms with Gasteiger partial charge in [0.25, 0.3) is 0 Å². The summed E-state index contributed by atoms with van der Waals surface area (Å²) in [6.07, 6.45) is 4.22. The average Bonchev–Trinajstić information content (AvgIpc) is 2.06. The molecule has 11 heavy (non-hydrogen) atoms. The van der Waals surface area contributed by atoms with Crippen LogP contribution in [0.15, 0.2) is 29.2 Å². The Morgan fingerprint density at radius 3 is 3.09 bits per heavy atom. The van der Waals surface area contributed by atoms with E-state index in [1.807, 2.05) is 12.1 Å². The van der Waals surface area contributed by atoms with E-state index in [4.69, 9.17) is 0 Å². The average molecular weight is 163 g/mol. The van der Waals surface area contributed by atoms with Gasteiger partial charge in [-0.15, -0.1) is 12.6 Å². The van der Waals surface area contributed by atoms with E-state index in [1.165, 1.54) is 5.56 Å². The van der Waals surface area contributed by atoms with Crippen molar-refractivity contribution in [2.75, 3.05) is 11.9 Å². The third kappa shape index (κ3) is 1.14. The third-order valence-electron chi connectivity index (χ3n) is 1.77. The number of fused-ring (bicyclic) bond motifs is 1. The molecule has 0 fully saturated rings. The molecule has 1 aromatic carbocycles. The monoisotopic (exact) mass is 163 g/mol. The Morgan fingerprint density at radius 2 is 2.27 bits per heavy atom. The molecule has 1 aliphatic rings. The zero-order valence-corrected chi connectivity index (χ0v) is 6.94. The molecule has 0 bridgehead atoms. The lowest BCUT2D eigenvalue weighted by Gasteiger charge is -2.14. The highest BCUT2D eigenvalue weighted by Crippen LogP contribution is 2.27. The third-order valence-corrected chi connectivity index (χ3v) is 2.14. The molecule has 0 spiro atoms. The summed E-state index contributed by atoms with van der Waals surface area (Å²) in [5.41, 5.74) is 2.38. The second-order valence-electron chi connectivity index (χ2n) is 2.52. The van der Waals surface area contributed by atoms with E-state index in [-0.39, 0.29) is 0 Å². The van der Waals surface area contributed by atoms with Crippen LogP contribution in [-0.2, 0) is 0 Å². The minimum Gasteiger partial charge on any atom is -0.380 e. The summed E-state index contributed by atoms with van der Waals surface area (Å²) in [7, 11) is 0. The van der Waals surface area contributed by atoms with Crippen LogP contribution in [-0.4, -0.2) is 6.54 Å². The maximum absolute atomic E-state index is 4.34. The number of para-hydroxylation sites is 1. The Morgan fingerprint density at radius 1 is 1.36 bits per heavy atom. The van der Waals surface area contributed by atoms with Gasteiger partial charge in [0.05, 0.1) is 5.69 Å². The highest BCUT2D eigenvalue weighted by atomic mass is 32.1. The SMILES string of the molecule is Sc1cccc2c1NCC=C2. The zero-order valence-electron chi connectivity index (χ0n) is 6.04. The first-order valence-corrected chi connectivity index (χ1v) is 4.05. The number of thiol groups is 1. The Balaban J connectivity index is 2.60. The number of benzene rings is 1. The standard InChI is InChI=1S/C9H9NS/c11-8-5-1-3-7-4-2-6-10-9(7)8/h1-5,10-11H,6H2. The van der Waals surface area contributed by atoms with Gasteiger partial charge in [0.15, 0.2) is 0 Å². The quantitative estimate of drug-likeness (QED) is 0.560. The molecule has 1 aliphatic heterocycles. The lowest BCUT2D eigenvalue weighted by Crippen LogP contribution is -2.04. The van der Waals surface area contributed by atoms with Crippen LogP contribution in [0.1, 0.15) is 5.56 Å². The molecular weight excluding hydrogens is 154 g/mol. The Hall–Kier alpha value is -0.890. The van der Waals surface area contributed by atoms with Crippen LogP contribution in [0.3, 0.4) is 0 Å². The highest BCUT2D eigenvalue weighted by Gasteiger charge is 2.04. The van der Waals surface area contributed by atoms with Crippen LogP contribution < -0.4 is 5.32 Å². The summed E-state index contributed by atoms with van der Waals surface area (Å²) in [4.78, 5) is 1.02. The first-order chi connectivity index (χ1) is 5.38. The number of hydrogen-bond acceptors (Lipinski definition) is 2. The van der Waals surface area contributed by atoms with Gasteiger partial charge >= 0.3 is 0 Å². The first kappa shape index (κ1) is 6.80. The smallest absolute Gasteiger partial charge is 0.0551 e. The van der Waals surface area contributed by atoms with Crippen LogP contribution in [0.2, 0.25) is 0 Å². The van der Waals surface area contributed by atoms with Gasteiger partial charge in [0, 0.05) is 11.4 Å². The molecule has 0 radical (unpaired) electrons. The van der Waals surface area contributed by atoms with Crippen molar-refractivity contribution < 1.29 is 0 Å². The van der Waals surface area contributed by atoms with Crippen molar-refractivity contribution in [2.45, 2.75) is 4.90 Å². The molecule has 0 aromatic heterocycles. The van der Waals surface area contributed by atoms with Crippen LogP contribution in [0.25, 0.3) is 6.08 Å². The van der Waals surface area contributed by atoms with E-state index < -0.39 is 0 Å². The Kier molecular flexibility index (Phi) is 1.62. The molecular formula is C9H9NS. The minimum atomic E-state index is 0.907. The van der Waals surface area contributed by atoms with Crippen molar-refractivity contribution in [3.05, 3.63) is 29.8 Å². The molecule has 0 saturated carbocycles. The molecule has 2 rings (SSSR count). The minimum absolute atomic E-state index is 0.907. The Labute approximate surface area is 71.5 Å². The van der Waals surface area contributed by atoms with E-state index >= 15 is 0 Å². The fraction of sp³-hybridized carbons (Fsp3) is 0.111. The van der Waals surface area contributed by atoms with Gasteiger partial charge in [-0.3, -0.25) is 0 Å². The summed E-state index contributed by atoms with van der Waals surface area (Å²) in [6.45, 7) is 0.907. The van der Waals surface area contributed by atoms with Crippen LogP contribution in [0.4, 0.5) is 5.69 Å². The summed E-state index contributed by atoms with van der Waals surface area (Å²) in [5, 5.41) is 3.27. The largest absolute Gasteiger partial charge is 0.380 e. The van der Waals surface area contributed by atoms with E-state index in [0.717, 1.165) is 17.1 Å². The van der Waals surface area contributed by atoms with Gasteiger partial charge in [-0.25, -0.2) is 0 Å². The maximum Gasteiger partial charge on any atom is 0.0551 e. The van der Waals surface area contributed by atoms with E-state index in [1.54, 1.807) is 0 Å². The van der Waals surface area contributed by atoms with Crippen molar-refractivity contribution >= 4 is 24.4 Å². The molecule has 56 valence electrons. The van der Waals surface area contributed by atoms with Crippen LogP contribution in [0, 0.1) is 0 Å². The lowest BCUT2D eigenvalue weighted by molar-refractivity contribution is 1.26. The van der Waals surface area contributed by atoms with Crippen LogP contribution >= 0.6 is 12.6 Å². The predicted octanol–water partition coefficient (Wildman–Crippen LogP) is 2.41. The number of rotatable bonds is 0. The predicted molar refractivity (Wildman–Crippen MR) is 51.2 cm³/mol. The number of anilines is 1. The number of hydrogen-bond donors (Lipinski definition) is 2. The van der Waals surface area contributed by atoms with Gasteiger partial charge in [0.2, 0.25) is 0 Å². The first-order valence-electron chi connectivity index (χ1n) is 3.60. The molecule has 1 aromatic rings. The van der Waals surface area contributed by atoms with Gasteiger partial charge in [0.1, 0.15) is 0 Å². The molecule has 1 nitrogen and oxygen atoms in total. The van der Waals surface area contributed by atoms with Gasteiger partial charge in [-0.1, -0.05) is 24.3 Å². The number of nitrogens with one attached hydrogen (secondary N) is 1. The molecule has 0 saturated heterocycles. The van der Waals surface area contributed by atoms with E-state index in [0.29, 0.717) is 0 Å². The van der Waals surface area contributed by atoms with Gasteiger partial charge in [-0.2, -0.15) is 0 Å². The van der Waals surface area contributed by atoms with Crippen LogP contribution in [0.5, 0.6) is 0 Å². The van der Waals surface area contributed by atoms with E-state index in [9.17, 15) is 0 Å². The summed E-state index contributed by atoms with van der Waals surface area (Å²) < 4.78 is 0. The van der Waals surface area contributed by atoms with Crippen molar-refractivity contribution in [1.82, 2.24) is 0 Å². The molecule has 0 aliphatic carbocycles. The molecule has 1 N–H and O–H groups in total. The maximum atomic E-state index is 4.34. The lowest BCUT2D eigenvalue weighted by atomic mass is 10.1. The van der Waals surface area contributed by atoms with E-state index in [2.05, 4.69) is 36.2 Å². The highest BCUT2D eigenvalue weighted by molar-refractivity contribution is 7.80. The molecule has 1 heterocycles. The topological polar surface area (TPSA) is 12.0 Å². The molecule has 0 unspecified atom stereocenters. The zero-order chi connectivity index (χ0) is 7.68. The van der Waals surface area contributed by atoms with Gasteiger partial charge in [-0.05, 0) is 11.6 Å². The van der Waals surface area contributed by atoms with Gasteiger partial charge < -0.3 is 5.32 Å². The molecule has 0 amide bonds.